The van der Waals surface area contributed by atoms with Crippen LogP contribution in [-0.2, 0) is 13.6 Å². The highest BCUT2D eigenvalue weighted by molar-refractivity contribution is 5.92. The van der Waals surface area contributed by atoms with Crippen molar-refractivity contribution in [3.05, 3.63) is 54.3 Å². The Morgan fingerprint density at radius 3 is 2.71 bits per heavy atom. The number of pyridine rings is 1. The number of likely N-dealkylation sites (tertiary alicyclic amines) is 1. The first-order valence-electron chi connectivity index (χ1n) is 9.53. The molecule has 1 saturated heterocycles. The summed E-state index contributed by atoms with van der Waals surface area (Å²) in [7, 11) is 1.77. The monoisotopic (exact) mass is 380 g/mol. The number of aryl methyl sites for hydroxylation is 1. The largest absolute Gasteiger partial charge is 0.359 e. The zero-order valence-electron chi connectivity index (χ0n) is 15.9. The van der Waals surface area contributed by atoms with Gasteiger partial charge in [0.25, 0.3) is 5.91 Å². The number of carbonyl (C=O) groups is 1. The maximum atomic E-state index is 12.2. The number of rotatable bonds is 6. The molecule has 0 spiro atoms. The second-order valence-corrected chi connectivity index (χ2v) is 7.18. The molecule has 1 aliphatic heterocycles. The van der Waals surface area contributed by atoms with E-state index in [9.17, 15) is 4.79 Å². The Kier molecular flexibility index (Phi) is 5.48. The molecule has 3 aromatic heterocycles. The number of nitrogens with one attached hydrogen (secondary N) is 1. The average Bonchev–Trinajstić information content (AvgIpc) is 3.37. The highest BCUT2D eigenvalue weighted by Crippen LogP contribution is 2.22. The Labute approximate surface area is 163 Å². The van der Waals surface area contributed by atoms with Crippen LogP contribution in [0.2, 0.25) is 0 Å². The molecule has 4 rings (SSSR count). The number of hydrogen-bond acceptors (Lipinski definition) is 6. The van der Waals surface area contributed by atoms with Gasteiger partial charge < -0.3 is 9.84 Å². The molecule has 0 unspecified atom stereocenters. The van der Waals surface area contributed by atoms with Gasteiger partial charge in [-0.05, 0) is 50.0 Å². The van der Waals surface area contributed by atoms with Gasteiger partial charge in [-0.1, -0.05) is 5.16 Å². The fourth-order valence-electron chi connectivity index (χ4n) is 3.54. The smallest absolute Gasteiger partial charge is 0.269 e. The van der Waals surface area contributed by atoms with E-state index < -0.39 is 0 Å². The number of nitrogens with zero attached hydrogens (tertiary/aromatic N) is 5. The first-order chi connectivity index (χ1) is 13.7. The number of hydrogen-bond donors (Lipinski definition) is 1. The Hall–Kier alpha value is -3.00. The maximum absolute atomic E-state index is 12.2. The Morgan fingerprint density at radius 1 is 1.21 bits per heavy atom. The predicted molar refractivity (Wildman–Crippen MR) is 103 cm³/mol. The van der Waals surface area contributed by atoms with Crippen LogP contribution < -0.4 is 5.32 Å². The van der Waals surface area contributed by atoms with E-state index in [1.165, 1.54) is 0 Å². The normalized spacial score (nSPS) is 15.6. The summed E-state index contributed by atoms with van der Waals surface area (Å²) in [5.74, 6) is 1.30. The minimum atomic E-state index is -0.0623. The minimum Gasteiger partial charge on any atom is -0.359 e. The van der Waals surface area contributed by atoms with Crippen molar-refractivity contribution in [2.75, 3.05) is 19.6 Å². The lowest BCUT2D eigenvalue weighted by atomic mass is 9.96. The summed E-state index contributed by atoms with van der Waals surface area (Å²) in [4.78, 5) is 18.6. The van der Waals surface area contributed by atoms with Gasteiger partial charge in [0.1, 0.15) is 11.4 Å². The van der Waals surface area contributed by atoms with Crippen LogP contribution in [0.1, 0.15) is 29.1 Å². The van der Waals surface area contributed by atoms with E-state index in [2.05, 4.69) is 25.5 Å². The van der Waals surface area contributed by atoms with Crippen molar-refractivity contribution >= 4 is 5.91 Å². The van der Waals surface area contributed by atoms with E-state index in [1.54, 1.807) is 36.4 Å². The summed E-state index contributed by atoms with van der Waals surface area (Å²) in [5, 5.41) is 11.2. The quantitative estimate of drug-likeness (QED) is 0.705. The zero-order chi connectivity index (χ0) is 19.3. The fourth-order valence-corrected chi connectivity index (χ4v) is 3.54. The Morgan fingerprint density at radius 2 is 2.00 bits per heavy atom. The third-order valence-corrected chi connectivity index (χ3v) is 5.23. The van der Waals surface area contributed by atoms with E-state index in [1.807, 2.05) is 18.2 Å². The van der Waals surface area contributed by atoms with Gasteiger partial charge in [0.15, 0.2) is 5.76 Å². The molecule has 3 aromatic rings. The molecule has 0 radical (unpaired) electrons. The number of amides is 1. The minimum absolute atomic E-state index is 0.0623. The van der Waals surface area contributed by atoms with Crippen LogP contribution in [-0.4, -0.2) is 50.4 Å². The van der Waals surface area contributed by atoms with E-state index in [-0.39, 0.29) is 5.91 Å². The number of aromatic nitrogens is 4. The van der Waals surface area contributed by atoms with Crippen LogP contribution in [0, 0.1) is 5.92 Å². The molecule has 0 aliphatic carbocycles. The van der Waals surface area contributed by atoms with Crippen LogP contribution in [0.3, 0.4) is 0 Å². The van der Waals surface area contributed by atoms with Gasteiger partial charge in [0, 0.05) is 43.8 Å². The highest BCUT2D eigenvalue weighted by Gasteiger charge is 2.21. The third-order valence-electron chi connectivity index (χ3n) is 5.23. The van der Waals surface area contributed by atoms with Crippen molar-refractivity contribution in [3.8, 4) is 11.3 Å². The molecule has 0 saturated carbocycles. The van der Waals surface area contributed by atoms with Crippen molar-refractivity contribution < 1.29 is 9.32 Å². The SMILES string of the molecule is Cn1nccc1C(=O)NCC1CCN(Cc2cc(-c3ccncc3)no2)CC1. The lowest BCUT2D eigenvalue weighted by molar-refractivity contribution is 0.0924. The number of piperidine rings is 1. The molecule has 1 amide bonds. The van der Waals surface area contributed by atoms with Gasteiger partial charge in [-0.3, -0.25) is 19.4 Å². The van der Waals surface area contributed by atoms with Gasteiger partial charge in [0.2, 0.25) is 0 Å². The third kappa shape index (κ3) is 4.28. The van der Waals surface area contributed by atoms with Gasteiger partial charge >= 0.3 is 0 Å². The molecular weight excluding hydrogens is 356 g/mol. The summed E-state index contributed by atoms with van der Waals surface area (Å²) in [6.07, 6.45) is 7.24. The van der Waals surface area contributed by atoms with E-state index >= 15 is 0 Å². The summed E-state index contributed by atoms with van der Waals surface area (Å²) < 4.78 is 7.10. The maximum Gasteiger partial charge on any atom is 0.269 e. The van der Waals surface area contributed by atoms with Gasteiger partial charge in [0.05, 0.1) is 6.54 Å². The van der Waals surface area contributed by atoms with Crippen LogP contribution in [0.15, 0.2) is 47.4 Å². The molecular formula is C20H24N6O2. The van der Waals surface area contributed by atoms with E-state index in [4.69, 9.17) is 4.52 Å². The second kappa shape index (κ2) is 8.35. The van der Waals surface area contributed by atoms with E-state index in [0.29, 0.717) is 18.2 Å². The average molecular weight is 380 g/mol. The Balaban J connectivity index is 1.23. The van der Waals surface area contributed by atoms with E-state index in [0.717, 1.165) is 49.5 Å². The van der Waals surface area contributed by atoms with Crippen molar-refractivity contribution in [2.45, 2.75) is 19.4 Å². The van der Waals surface area contributed by atoms with Crippen LogP contribution in [0.4, 0.5) is 0 Å². The van der Waals surface area contributed by atoms with Crippen molar-refractivity contribution in [1.82, 2.24) is 30.1 Å². The lowest BCUT2D eigenvalue weighted by Crippen LogP contribution is -2.38. The molecule has 0 aromatic carbocycles. The summed E-state index contributed by atoms with van der Waals surface area (Å²) in [6, 6.07) is 7.57. The molecule has 146 valence electrons. The number of carbonyl (C=O) groups excluding carboxylic acids is 1. The standard InChI is InChI=1S/C20H24N6O2/c1-25-19(4-9-23-25)20(27)22-13-15-5-10-26(11-6-15)14-17-12-18(24-28-17)16-2-7-21-8-3-16/h2-4,7-9,12,15H,5-6,10-11,13-14H2,1H3,(H,22,27). The molecule has 1 fully saturated rings. The second-order valence-electron chi connectivity index (χ2n) is 7.18. The van der Waals surface area contributed by atoms with Crippen molar-refractivity contribution in [2.24, 2.45) is 13.0 Å². The predicted octanol–water partition coefficient (Wildman–Crippen LogP) is 2.11. The first-order valence-corrected chi connectivity index (χ1v) is 9.53. The lowest BCUT2D eigenvalue weighted by Gasteiger charge is -2.31. The van der Waals surface area contributed by atoms with Gasteiger partial charge in [-0.15, -0.1) is 0 Å². The summed E-state index contributed by atoms with van der Waals surface area (Å²) >= 11 is 0. The van der Waals surface area contributed by atoms with Crippen LogP contribution in [0.25, 0.3) is 11.3 Å². The molecule has 8 heteroatoms. The zero-order valence-corrected chi connectivity index (χ0v) is 15.9. The molecule has 0 atom stereocenters. The fraction of sp³-hybridized carbons (Fsp3) is 0.400. The van der Waals surface area contributed by atoms with Gasteiger partial charge in [-0.2, -0.15) is 5.10 Å². The van der Waals surface area contributed by atoms with Crippen LogP contribution in [0.5, 0.6) is 0 Å². The molecule has 0 bridgehead atoms. The summed E-state index contributed by atoms with van der Waals surface area (Å²) in [6.45, 7) is 3.42. The molecule has 4 heterocycles. The van der Waals surface area contributed by atoms with Crippen molar-refractivity contribution in [1.29, 1.82) is 0 Å². The molecule has 8 nitrogen and oxygen atoms in total. The van der Waals surface area contributed by atoms with Crippen molar-refractivity contribution in [3.63, 3.8) is 0 Å². The molecule has 28 heavy (non-hydrogen) atoms. The van der Waals surface area contributed by atoms with Crippen LogP contribution >= 0.6 is 0 Å². The Bertz CT molecular complexity index is 912. The van der Waals surface area contributed by atoms with Gasteiger partial charge in [-0.25, -0.2) is 0 Å². The highest BCUT2D eigenvalue weighted by atomic mass is 16.5. The molecule has 1 N–H and O–H groups in total. The first kappa shape index (κ1) is 18.4. The summed E-state index contributed by atoms with van der Waals surface area (Å²) in [5.41, 5.74) is 2.44. The topological polar surface area (TPSA) is 89.1 Å². The molecule has 1 aliphatic rings.